The van der Waals surface area contributed by atoms with E-state index in [9.17, 15) is 4.79 Å². The normalized spacial score (nSPS) is 10.5. The lowest BCUT2D eigenvalue weighted by molar-refractivity contribution is -0.118. The molecule has 0 atom stereocenters. The number of carbonyl (C=O) groups is 1. The number of nitrogens with zero attached hydrogens (tertiary/aromatic N) is 1. The van der Waals surface area contributed by atoms with Gasteiger partial charge in [-0.15, -0.1) is 0 Å². The highest BCUT2D eigenvalue weighted by Crippen LogP contribution is 2.23. The Morgan fingerprint density at radius 3 is 2.85 bits per heavy atom. The summed E-state index contributed by atoms with van der Waals surface area (Å²) >= 11 is 4.80. The highest BCUT2D eigenvalue weighted by atomic mass is 79.9. The molecule has 0 fully saturated rings. The zero-order valence-electron chi connectivity index (χ0n) is 14.2. The van der Waals surface area contributed by atoms with Gasteiger partial charge in [-0.2, -0.15) is 0 Å². The van der Waals surface area contributed by atoms with Gasteiger partial charge in [0.25, 0.3) is 0 Å². The van der Waals surface area contributed by atoms with Crippen molar-refractivity contribution < 1.29 is 9.53 Å². The Morgan fingerprint density at radius 2 is 2.08 bits per heavy atom. The van der Waals surface area contributed by atoms with Gasteiger partial charge >= 0.3 is 0 Å². The SMILES string of the molecule is COc1cccc(CNC(=O)CSc2ncc(-c3ccc(Br)cc3)[nH]2)c1. The molecule has 0 aliphatic heterocycles. The van der Waals surface area contributed by atoms with Gasteiger partial charge in [0.15, 0.2) is 5.16 Å². The Bertz CT molecular complexity index is 881. The number of hydrogen-bond acceptors (Lipinski definition) is 4. The van der Waals surface area contributed by atoms with Crippen molar-refractivity contribution in [2.45, 2.75) is 11.7 Å². The number of methoxy groups -OCH3 is 1. The molecule has 0 radical (unpaired) electrons. The predicted octanol–water partition coefficient (Wildman–Crippen LogP) is 4.26. The Morgan fingerprint density at radius 1 is 1.27 bits per heavy atom. The number of amides is 1. The lowest BCUT2D eigenvalue weighted by Crippen LogP contribution is -2.24. The maximum atomic E-state index is 12.0. The Kier molecular flexibility index (Phi) is 6.35. The summed E-state index contributed by atoms with van der Waals surface area (Å²) in [6.45, 7) is 0.471. The summed E-state index contributed by atoms with van der Waals surface area (Å²) in [6, 6.07) is 15.6. The molecular formula is C19H18BrN3O2S. The van der Waals surface area contributed by atoms with E-state index in [0.29, 0.717) is 12.3 Å². The first-order chi connectivity index (χ1) is 12.6. The van der Waals surface area contributed by atoms with E-state index in [1.807, 2.05) is 48.5 Å². The number of thioether (sulfide) groups is 1. The number of imidazole rings is 1. The van der Waals surface area contributed by atoms with Gasteiger partial charge in [0.1, 0.15) is 5.75 Å². The Balaban J connectivity index is 1.49. The van der Waals surface area contributed by atoms with E-state index < -0.39 is 0 Å². The predicted molar refractivity (Wildman–Crippen MR) is 107 cm³/mol. The molecule has 7 heteroatoms. The molecular weight excluding hydrogens is 414 g/mol. The number of benzene rings is 2. The molecule has 134 valence electrons. The lowest BCUT2D eigenvalue weighted by atomic mass is 10.2. The van der Waals surface area contributed by atoms with Crippen molar-refractivity contribution in [2.24, 2.45) is 0 Å². The molecule has 2 N–H and O–H groups in total. The molecule has 1 amide bonds. The topological polar surface area (TPSA) is 67.0 Å². The quantitative estimate of drug-likeness (QED) is 0.548. The van der Waals surface area contributed by atoms with Crippen LogP contribution >= 0.6 is 27.7 Å². The van der Waals surface area contributed by atoms with Crippen molar-refractivity contribution in [3.8, 4) is 17.0 Å². The van der Waals surface area contributed by atoms with Gasteiger partial charge in [0.2, 0.25) is 5.91 Å². The van der Waals surface area contributed by atoms with Crippen LogP contribution in [0.2, 0.25) is 0 Å². The summed E-state index contributed by atoms with van der Waals surface area (Å²) in [5.41, 5.74) is 2.98. The second-order valence-corrected chi connectivity index (χ2v) is 7.41. The van der Waals surface area contributed by atoms with E-state index in [2.05, 4.69) is 31.2 Å². The fraction of sp³-hybridized carbons (Fsp3) is 0.158. The van der Waals surface area contributed by atoms with Crippen molar-refractivity contribution in [1.29, 1.82) is 0 Å². The molecule has 0 aliphatic carbocycles. The molecule has 3 aromatic rings. The minimum atomic E-state index is -0.0422. The number of carbonyl (C=O) groups excluding carboxylic acids is 1. The highest BCUT2D eigenvalue weighted by molar-refractivity contribution is 9.10. The van der Waals surface area contributed by atoms with Crippen molar-refractivity contribution in [3.63, 3.8) is 0 Å². The molecule has 5 nitrogen and oxygen atoms in total. The number of nitrogens with one attached hydrogen (secondary N) is 2. The Hall–Kier alpha value is -2.25. The number of H-pyrrole nitrogens is 1. The highest BCUT2D eigenvalue weighted by Gasteiger charge is 2.07. The van der Waals surface area contributed by atoms with Crippen LogP contribution in [-0.2, 0) is 11.3 Å². The van der Waals surface area contributed by atoms with Crippen LogP contribution in [0.15, 0.2) is 64.4 Å². The molecule has 0 spiro atoms. The average Bonchev–Trinajstić information content (AvgIpc) is 3.14. The van der Waals surface area contributed by atoms with Gasteiger partial charge in [-0.3, -0.25) is 4.79 Å². The number of rotatable bonds is 7. The van der Waals surface area contributed by atoms with E-state index in [4.69, 9.17) is 4.74 Å². The first-order valence-corrected chi connectivity index (χ1v) is 9.75. The summed E-state index contributed by atoms with van der Waals surface area (Å²) < 4.78 is 6.21. The van der Waals surface area contributed by atoms with Crippen LogP contribution < -0.4 is 10.1 Å². The molecule has 3 rings (SSSR count). The summed E-state index contributed by atoms with van der Waals surface area (Å²) in [5.74, 6) is 1.04. The van der Waals surface area contributed by atoms with Crippen LogP contribution in [0, 0.1) is 0 Å². The first-order valence-electron chi connectivity index (χ1n) is 7.97. The van der Waals surface area contributed by atoms with Crippen LogP contribution in [0.1, 0.15) is 5.56 Å². The third-order valence-electron chi connectivity index (χ3n) is 3.67. The smallest absolute Gasteiger partial charge is 0.230 e. The third kappa shape index (κ3) is 5.12. The summed E-state index contributed by atoms with van der Waals surface area (Å²) in [5, 5.41) is 3.62. The second kappa shape index (κ2) is 8.91. The molecule has 0 unspecified atom stereocenters. The average molecular weight is 432 g/mol. The fourth-order valence-corrected chi connectivity index (χ4v) is 3.26. The lowest BCUT2D eigenvalue weighted by Gasteiger charge is -2.06. The minimum Gasteiger partial charge on any atom is -0.497 e. The van der Waals surface area contributed by atoms with Crippen LogP contribution in [0.25, 0.3) is 11.3 Å². The molecule has 1 aromatic heterocycles. The number of aromatic amines is 1. The van der Waals surface area contributed by atoms with Gasteiger partial charge < -0.3 is 15.0 Å². The van der Waals surface area contributed by atoms with Gasteiger partial charge in [-0.05, 0) is 35.4 Å². The summed E-state index contributed by atoms with van der Waals surface area (Å²) in [6.07, 6.45) is 1.78. The molecule has 0 saturated heterocycles. The zero-order chi connectivity index (χ0) is 18.4. The maximum absolute atomic E-state index is 12.0. The number of hydrogen-bond donors (Lipinski definition) is 2. The molecule has 2 aromatic carbocycles. The van der Waals surface area contributed by atoms with E-state index in [1.165, 1.54) is 11.8 Å². The van der Waals surface area contributed by atoms with Gasteiger partial charge in [-0.1, -0.05) is 52.0 Å². The van der Waals surface area contributed by atoms with E-state index >= 15 is 0 Å². The second-order valence-electron chi connectivity index (χ2n) is 5.53. The first kappa shape index (κ1) is 18.5. The molecule has 1 heterocycles. The van der Waals surface area contributed by atoms with Crippen LogP contribution in [-0.4, -0.2) is 28.7 Å². The summed E-state index contributed by atoms with van der Waals surface area (Å²) in [4.78, 5) is 19.6. The third-order valence-corrected chi connectivity index (χ3v) is 5.09. The van der Waals surface area contributed by atoms with Crippen molar-refractivity contribution in [2.75, 3.05) is 12.9 Å². The summed E-state index contributed by atoms with van der Waals surface area (Å²) in [7, 11) is 1.63. The van der Waals surface area contributed by atoms with Crippen molar-refractivity contribution in [3.05, 3.63) is 64.8 Å². The van der Waals surface area contributed by atoms with E-state index in [1.54, 1.807) is 13.3 Å². The monoisotopic (exact) mass is 431 g/mol. The van der Waals surface area contributed by atoms with Crippen molar-refractivity contribution in [1.82, 2.24) is 15.3 Å². The van der Waals surface area contributed by atoms with Crippen LogP contribution in [0.4, 0.5) is 0 Å². The van der Waals surface area contributed by atoms with Gasteiger partial charge in [0, 0.05) is 11.0 Å². The van der Waals surface area contributed by atoms with Gasteiger partial charge in [-0.25, -0.2) is 4.98 Å². The molecule has 0 aliphatic rings. The van der Waals surface area contributed by atoms with Crippen LogP contribution in [0.5, 0.6) is 5.75 Å². The Labute approximate surface area is 164 Å². The molecule has 0 saturated carbocycles. The van der Waals surface area contributed by atoms with Crippen molar-refractivity contribution >= 4 is 33.6 Å². The number of halogens is 1. The number of ether oxygens (including phenoxy) is 1. The zero-order valence-corrected chi connectivity index (χ0v) is 16.6. The van der Waals surface area contributed by atoms with Crippen LogP contribution in [0.3, 0.4) is 0 Å². The molecule has 26 heavy (non-hydrogen) atoms. The largest absolute Gasteiger partial charge is 0.497 e. The number of aromatic nitrogens is 2. The fourth-order valence-electron chi connectivity index (χ4n) is 2.32. The van der Waals surface area contributed by atoms with E-state index in [-0.39, 0.29) is 5.91 Å². The minimum absolute atomic E-state index is 0.0422. The van der Waals surface area contributed by atoms with Gasteiger partial charge in [0.05, 0.1) is 24.8 Å². The standard InChI is InChI=1S/C19H18BrN3O2S/c1-25-16-4-2-3-13(9-16)10-21-18(24)12-26-19-22-11-17(23-19)14-5-7-15(20)8-6-14/h2-9,11H,10,12H2,1H3,(H,21,24)(H,22,23). The van der Waals surface area contributed by atoms with E-state index in [0.717, 1.165) is 32.2 Å². The molecule has 0 bridgehead atoms. The maximum Gasteiger partial charge on any atom is 0.230 e.